The van der Waals surface area contributed by atoms with Crippen LogP contribution in [-0.2, 0) is 0 Å². The predicted octanol–water partition coefficient (Wildman–Crippen LogP) is 4.12. The van der Waals surface area contributed by atoms with Gasteiger partial charge < -0.3 is 21.3 Å². The second-order valence-corrected chi connectivity index (χ2v) is 11.6. The summed E-state index contributed by atoms with van der Waals surface area (Å²) >= 11 is 0. The smallest absolute Gasteiger partial charge is 0.0832 e. The number of hydrogen-bond acceptors (Lipinski definition) is 4. The molecule has 4 aliphatic rings. The highest BCUT2D eigenvalue weighted by Crippen LogP contribution is 2.67. The summed E-state index contributed by atoms with van der Waals surface area (Å²) in [6.45, 7) is 9.39. The topological polar surface area (TPSA) is 78.5 Å². The Kier molecular flexibility index (Phi) is 7.88. The second kappa shape index (κ2) is 9.55. The molecule has 0 aromatic rings. The normalized spacial score (nSPS) is 48.8. The second-order valence-electron chi connectivity index (χ2n) is 11.6. The van der Waals surface area contributed by atoms with Crippen molar-refractivity contribution in [2.45, 2.75) is 103 Å². The van der Waals surface area contributed by atoms with E-state index in [1.54, 1.807) is 0 Å². The zero-order valence-corrected chi connectivity index (χ0v) is 20.3. The van der Waals surface area contributed by atoms with E-state index in [0.717, 1.165) is 62.4 Å². The van der Waals surface area contributed by atoms with Gasteiger partial charge in [0.05, 0.1) is 12.2 Å². The number of hydrogen-bond donors (Lipinski definition) is 4. The summed E-state index contributed by atoms with van der Waals surface area (Å²) in [7, 11) is 0. The Bertz CT molecular complexity index is 577. The van der Waals surface area contributed by atoms with Crippen LogP contribution in [0.4, 0.5) is 0 Å². The van der Waals surface area contributed by atoms with Crippen LogP contribution in [0.25, 0.3) is 0 Å². The minimum absolute atomic E-state index is 0. The minimum atomic E-state index is -0.503. The number of rotatable bonds is 6. The first-order valence-electron chi connectivity index (χ1n) is 12.6. The predicted molar refractivity (Wildman–Crippen MR) is 126 cm³/mol. The summed E-state index contributed by atoms with van der Waals surface area (Å²) in [5.41, 5.74) is 6.35. The Morgan fingerprint density at radius 1 is 0.900 bits per heavy atom. The lowest BCUT2D eigenvalue weighted by Gasteiger charge is -2.62. The Balaban J connectivity index is 0.00000256. The molecule has 0 aromatic carbocycles. The van der Waals surface area contributed by atoms with Gasteiger partial charge in [-0.25, -0.2) is 0 Å². The van der Waals surface area contributed by atoms with Gasteiger partial charge in [0, 0.05) is 6.04 Å². The first-order valence-corrected chi connectivity index (χ1v) is 12.6. The molecule has 5 heteroatoms. The molecule has 0 aromatic heterocycles. The first kappa shape index (κ1) is 24.8. The first-order chi connectivity index (χ1) is 13.8. The largest absolute Gasteiger partial charge is 0.390 e. The van der Waals surface area contributed by atoms with Gasteiger partial charge in [-0.3, -0.25) is 0 Å². The SMILES string of the molecule is CC(NCCCCN)[C@H]1CC[C@H]2[C@@H]3CCC4C(O)C(O)CC[C@]4(C)[C@H]3CC[C@]12C.Cl. The van der Waals surface area contributed by atoms with Crippen LogP contribution >= 0.6 is 12.4 Å². The average Bonchev–Trinajstić information content (AvgIpc) is 3.06. The van der Waals surface area contributed by atoms with E-state index in [4.69, 9.17) is 5.73 Å². The summed E-state index contributed by atoms with van der Waals surface area (Å²) in [5.74, 6) is 3.51. The summed E-state index contributed by atoms with van der Waals surface area (Å²) in [4.78, 5) is 0. The van der Waals surface area contributed by atoms with E-state index in [1.807, 2.05) is 0 Å². The molecule has 0 heterocycles. The number of halogens is 1. The molecule has 176 valence electrons. The van der Waals surface area contributed by atoms with Gasteiger partial charge in [-0.05, 0) is 125 Å². The quantitative estimate of drug-likeness (QED) is 0.466. The molecule has 0 aliphatic heterocycles. The molecule has 0 spiro atoms. The average molecular weight is 443 g/mol. The maximum Gasteiger partial charge on any atom is 0.0832 e. The van der Waals surface area contributed by atoms with Crippen LogP contribution in [0.5, 0.6) is 0 Å². The van der Waals surface area contributed by atoms with E-state index in [0.29, 0.717) is 17.4 Å². The van der Waals surface area contributed by atoms with E-state index >= 15 is 0 Å². The fourth-order valence-electron chi connectivity index (χ4n) is 8.92. The molecule has 0 radical (unpaired) electrons. The molecule has 4 fully saturated rings. The minimum Gasteiger partial charge on any atom is -0.390 e. The van der Waals surface area contributed by atoms with Gasteiger partial charge in [-0.2, -0.15) is 0 Å². The van der Waals surface area contributed by atoms with Crippen LogP contribution in [-0.4, -0.2) is 41.6 Å². The van der Waals surface area contributed by atoms with E-state index in [-0.39, 0.29) is 17.8 Å². The molecule has 30 heavy (non-hydrogen) atoms. The fraction of sp³-hybridized carbons (Fsp3) is 1.00. The van der Waals surface area contributed by atoms with Crippen LogP contribution < -0.4 is 11.1 Å². The van der Waals surface area contributed by atoms with Gasteiger partial charge in [0.1, 0.15) is 0 Å². The highest BCUT2D eigenvalue weighted by molar-refractivity contribution is 5.85. The van der Waals surface area contributed by atoms with Crippen LogP contribution in [0.1, 0.15) is 85.0 Å². The molecule has 0 bridgehead atoms. The van der Waals surface area contributed by atoms with Crippen molar-refractivity contribution in [2.75, 3.05) is 13.1 Å². The van der Waals surface area contributed by atoms with Crippen molar-refractivity contribution < 1.29 is 10.2 Å². The van der Waals surface area contributed by atoms with Gasteiger partial charge in [0.15, 0.2) is 0 Å². The Morgan fingerprint density at radius 2 is 1.57 bits per heavy atom. The Labute approximate surface area is 190 Å². The van der Waals surface area contributed by atoms with Crippen molar-refractivity contribution in [3.8, 4) is 0 Å². The van der Waals surface area contributed by atoms with E-state index in [1.165, 1.54) is 38.5 Å². The van der Waals surface area contributed by atoms with Crippen molar-refractivity contribution in [2.24, 2.45) is 46.2 Å². The lowest BCUT2D eigenvalue weighted by atomic mass is 9.44. The van der Waals surface area contributed by atoms with Crippen LogP contribution in [0.15, 0.2) is 0 Å². The third-order valence-corrected chi connectivity index (χ3v) is 10.5. The molecule has 5 N–H and O–H groups in total. The van der Waals surface area contributed by atoms with Crippen molar-refractivity contribution in [3.05, 3.63) is 0 Å². The number of fused-ring (bicyclic) bond motifs is 5. The van der Waals surface area contributed by atoms with E-state index in [9.17, 15) is 10.2 Å². The molecule has 0 amide bonds. The molecule has 0 saturated heterocycles. The highest BCUT2D eigenvalue weighted by Gasteiger charge is 2.61. The zero-order chi connectivity index (χ0) is 20.8. The summed E-state index contributed by atoms with van der Waals surface area (Å²) in [6.07, 6.45) is 11.0. The third-order valence-electron chi connectivity index (χ3n) is 10.5. The van der Waals surface area contributed by atoms with Gasteiger partial charge in [0.2, 0.25) is 0 Å². The van der Waals surface area contributed by atoms with E-state index < -0.39 is 12.2 Å². The van der Waals surface area contributed by atoms with Crippen LogP contribution in [0, 0.1) is 40.4 Å². The maximum atomic E-state index is 10.7. The lowest BCUT2D eigenvalue weighted by Crippen LogP contribution is -2.58. The van der Waals surface area contributed by atoms with Crippen LogP contribution in [0.3, 0.4) is 0 Å². The van der Waals surface area contributed by atoms with Crippen LogP contribution in [0.2, 0.25) is 0 Å². The van der Waals surface area contributed by atoms with Crippen molar-refractivity contribution >= 4 is 12.4 Å². The fourth-order valence-corrected chi connectivity index (χ4v) is 8.92. The van der Waals surface area contributed by atoms with Gasteiger partial charge in [-0.15, -0.1) is 12.4 Å². The molecule has 10 atom stereocenters. The highest BCUT2D eigenvalue weighted by atomic mass is 35.5. The standard InChI is InChI=1S/C25H46N2O2.ClH/c1-16(27-15-5-4-14-26)18-8-9-19-17-6-7-21-23(29)22(28)11-13-25(21,3)20(17)10-12-24(18,19)2;/h16-23,27-29H,4-15,26H2,1-3H3;1H/t16?,17-,18+,19-,20-,21?,22?,23?,24+,25+;/m0./s1. The van der Waals surface area contributed by atoms with Crippen molar-refractivity contribution in [1.82, 2.24) is 5.32 Å². The van der Waals surface area contributed by atoms with Crippen molar-refractivity contribution in [3.63, 3.8) is 0 Å². The molecule has 4 aliphatic carbocycles. The van der Waals surface area contributed by atoms with Gasteiger partial charge >= 0.3 is 0 Å². The lowest BCUT2D eigenvalue weighted by molar-refractivity contribution is -0.174. The molecule has 4 nitrogen and oxygen atoms in total. The summed E-state index contributed by atoms with van der Waals surface area (Å²) < 4.78 is 0. The Hall–Kier alpha value is 0.130. The molecule has 4 saturated carbocycles. The summed E-state index contributed by atoms with van der Waals surface area (Å²) in [6, 6.07) is 0.595. The molecule has 4 rings (SSSR count). The third kappa shape index (κ3) is 3.98. The number of aliphatic hydroxyl groups is 2. The molecular weight excluding hydrogens is 396 g/mol. The van der Waals surface area contributed by atoms with Crippen molar-refractivity contribution in [1.29, 1.82) is 0 Å². The van der Waals surface area contributed by atoms with E-state index in [2.05, 4.69) is 26.1 Å². The number of unbranched alkanes of at least 4 members (excludes halogenated alkanes) is 1. The van der Waals surface area contributed by atoms with Gasteiger partial charge in [-0.1, -0.05) is 13.8 Å². The molecular formula is C25H47ClN2O2. The zero-order valence-electron chi connectivity index (χ0n) is 19.5. The van der Waals surface area contributed by atoms with Gasteiger partial charge in [0.25, 0.3) is 0 Å². The monoisotopic (exact) mass is 442 g/mol. The summed E-state index contributed by atoms with van der Waals surface area (Å²) in [5, 5.41) is 24.8. The number of nitrogens with one attached hydrogen (secondary N) is 1. The Morgan fingerprint density at radius 3 is 2.30 bits per heavy atom. The number of nitrogens with two attached hydrogens (primary N) is 1. The number of aliphatic hydroxyl groups excluding tert-OH is 2. The maximum absolute atomic E-state index is 10.7. The molecule has 4 unspecified atom stereocenters.